The second kappa shape index (κ2) is 8.57. The summed E-state index contributed by atoms with van der Waals surface area (Å²) in [6.07, 6.45) is 0. The number of pyridine rings is 1. The zero-order chi connectivity index (χ0) is 25.7. The van der Waals surface area contributed by atoms with Crippen LogP contribution >= 0.6 is 11.6 Å². The fourth-order valence-electron chi connectivity index (χ4n) is 4.23. The lowest BCUT2D eigenvalue weighted by Gasteiger charge is -2.24. The fourth-order valence-corrected chi connectivity index (χ4v) is 4.37. The van der Waals surface area contributed by atoms with Crippen LogP contribution in [0.4, 0.5) is 20.3 Å². The summed E-state index contributed by atoms with van der Waals surface area (Å²) < 4.78 is 29.2. The Morgan fingerprint density at radius 3 is 2.57 bits per heavy atom. The first-order valence-electron chi connectivity index (χ1n) is 10.8. The number of hydrogen-bond acceptors (Lipinski definition) is 7. The van der Waals surface area contributed by atoms with E-state index in [4.69, 9.17) is 11.6 Å². The van der Waals surface area contributed by atoms with Crippen molar-refractivity contribution in [2.24, 2.45) is 5.41 Å². The van der Waals surface area contributed by atoms with E-state index < -0.39 is 29.9 Å². The van der Waals surface area contributed by atoms with E-state index in [2.05, 4.69) is 20.3 Å². The van der Waals surface area contributed by atoms with Crippen LogP contribution in [0.15, 0.2) is 24.3 Å². The Kier molecular flexibility index (Phi) is 6.01. The van der Waals surface area contributed by atoms with Crippen LogP contribution < -0.4 is 10.2 Å². The molecule has 35 heavy (non-hydrogen) atoms. The normalized spacial score (nSPS) is 17.3. The Bertz CT molecular complexity index is 1370. The van der Waals surface area contributed by atoms with Crippen molar-refractivity contribution in [1.82, 2.24) is 15.0 Å². The zero-order valence-corrected chi connectivity index (χ0v) is 20.3. The van der Waals surface area contributed by atoms with Gasteiger partial charge in [0.1, 0.15) is 11.2 Å². The van der Waals surface area contributed by atoms with E-state index in [0.717, 1.165) is 5.56 Å². The van der Waals surface area contributed by atoms with Crippen LogP contribution in [0.1, 0.15) is 54.1 Å². The average Bonchev–Trinajstić information content (AvgIpc) is 2.99. The number of alkyl halides is 2. The zero-order valence-electron chi connectivity index (χ0n) is 19.5. The monoisotopic (exact) mass is 500 g/mol. The van der Waals surface area contributed by atoms with Gasteiger partial charge in [-0.1, -0.05) is 31.5 Å². The second-order valence-electron chi connectivity index (χ2n) is 9.38. The summed E-state index contributed by atoms with van der Waals surface area (Å²) in [5.74, 6) is -4.10. The largest absolute Gasteiger partial charge is 0.476 e. The third kappa shape index (κ3) is 4.44. The van der Waals surface area contributed by atoms with Crippen molar-refractivity contribution >= 4 is 40.1 Å². The number of fused-ring (bicyclic) bond motifs is 1. The van der Waals surface area contributed by atoms with Gasteiger partial charge >= 0.3 is 5.97 Å². The van der Waals surface area contributed by atoms with Gasteiger partial charge in [0.2, 0.25) is 0 Å². The van der Waals surface area contributed by atoms with Crippen LogP contribution in [0.3, 0.4) is 0 Å². The lowest BCUT2D eigenvalue weighted by atomic mass is 9.89. The number of aryl methyl sites for hydroxylation is 1. The van der Waals surface area contributed by atoms with Crippen LogP contribution in [-0.4, -0.2) is 45.0 Å². The molecule has 0 amide bonds. The number of halogens is 3. The van der Waals surface area contributed by atoms with Crippen molar-refractivity contribution in [3.05, 3.63) is 51.9 Å². The first kappa shape index (κ1) is 24.5. The summed E-state index contributed by atoms with van der Waals surface area (Å²) in [4.78, 5) is 26.0. The maximum atomic E-state index is 14.6. The minimum Gasteiger partial charge on any atom is -0.476 e. The van der Waals surface area contributed by atoms with Gasteiger partial charge in [0.05, 0.1) is 29.3 Å². The van der Waals surface area contributed by atoms with Crippen molar-refractivity contribution in [3.8, 4) is 6.07 Å². The van der Waals surface area contributed by atoms with Crippen molar-refractivity contribution in [3.63, 3.8) is 0 Å². The third-order valence-electron chi connectivity index (χ3n) is 6.20. The number of anilines is 2. The molecule has 0 unspecified atom stereocenters. The Hall–Kier alpha value is -3.58. The highest BCUT2D eigenvalue weighted by atomic mass is 35.5. The number of nitrogens with zero attached hydrogens (tertiary/aromatic N) is 5. The smallest absolute Gasteiger partial charge is 0.356 e. The molecule has 182 valence electrons. The second-order valence-corrected chi connectivity index (χ2v) is 9.76. The maximum absolute atomic E-state index is 14.6. The first-order valence-corrected chi connectivity index (χ1v) is 11.2. The Morgan fingerprint density at radius 1 is 1.26 bits per heavy atom. The number of aromatic nitrogens is 3. The van der Waals surface area contributed by atoms with Crippen molar-refractivity contribution in [2.45, 2.75) is 39.7 Å². The summed E-state index contributed by atoms with van der Waals surface area (Å²) >= 11 is 5.86. The lowest BCUT2D eigenvalue weighted by molar-refractivity contribution is -0.0642. The number of nitriles is 1. The van der Waals surface area contributed by atoms with Gasteiger partial charge < -0.3 is 15.3 Å². The topological polar surface area (TPSA) is 115 Å². The quantitative estimate of drug-likeness (QED) is 0.459. The third-order valence-corrected chi connectivity index (χ3v) is 6.41. The molecule has 11 heteroatoms. The van der Waals surface area contributed by atoms with Crippen LogP contribution in [0, 0.1) is 23.7 Å². The summed E-state index contributed by atoms with van der Waals surface area (Å²) in [5.41, 5.74) is 1.06. The molecule has 2 aromatic heterocycles. The van der Waals surface area contributed by atoms with Crippen LogP contribution in [0.25, 0.3) is 11.0 Å². The predicted octanol–water partition coefficient (Wildman–Crippen LogP) is 5.21. The van der Waals surface area contributed by atoms with E-state index in [1.807, 2.05) is 19.1 Å². The van der Waals surface area contributed by atoms with Crippen molar-refractivity contribution in [2.75, 3.05) is 23.3 Å². The molecule has 0 bridgehead atoms. The molecule has 0 saturated carbocycles. The molecule has 1 aliphatic heterocycles. The van der Waals surface area contributed by atoms with Crippen LogP contribution in [0.5, 0.6) is 0 Å². The van der Waals surface area contributed by atoms with Gasteiger partial charge in [-0.25, -0.2) is 28.5 Å². The first-order chi connectivity index (χ1) is 16.3. The number of benzene rings is 1. The number of carboxylic acid groups (broad SMARTS) is 1. The van der Waals surface area contributed by atoms with Gasteiger partial charge in [0, 0.05) is 17.5 Å². The molecule has 1 atom stereocenters. The summed E-state index contributed by atoms with van der Waals surface area (Å²) in [6, 6.07) is 8.14. The number of rotatable bonds is 5. The molecule has 4 rings (SSSR count). The minimum atomic E-state index is -2.96. The Balaban J connectivity index is 1.82. The molecule has 1 fully saturated rings. The molecule has 0 aliphatic carbocycles. The van der Waals surface area contributed by atoms with E-state index >= 15 is 0 Å². The molecule has 3 heterocycles. The standard InChI is InChI=1S/C24H23ClF2N6O2/c1-12-7-14(13(2)29-15-5-6-18(25)31-20(15)22(34)35)19-16(8-12)30-17(9-28)21(32-19)33-10-23(3,4)24(26,27)11-33/h5-8,13,29H,10-11H2,1-4H3,(H,34,35)/t13-/m1/s1. The van der Waals surface area contributed by atoms with Gasteiger partial charge in [-0.05, 0) is 37.6 Å². The van der Waals surface area contributed by atoms with Gasteiger partial charge in [0.15, 0.2) is 17.2 Å². The number of carbonyl (C=O) groups is 1. The molecule has 1 aliphatic rings. The Morgan fingerprint density at radius 2 is 1.97 bits per heavy atom. The fraction of sp³-hybridized carbons (Fsp3) is 0.375. The van der Waals surface area contributed by atoms with E-state index in [-0.39, 0.29) is 34.6 Å². The van der Waals surface area contributed by atoms with E-state index in [1.54, 1.807) is 13.0 Å². The molecule has 8 nitrogen and oxygen atoms in total. The molecule has 2 N–H and O–H groups in total. The Labute approximate surface area is 205 Å². The van der Waals surface area contributed by atoms with E-state index in [0.29, 0.717) is 16.6 Å². The van der Waals surface area contributed by atoms with Crippen molar-refractivity contribution in [1.29, 1.82) is 5.26 Å². The molecule has 1 saturated heterocycles. The highest BCUT2D eigenvalue weighted by Crippen LogP contribution is 2.45. The van der Waals surface area contributed by atoms with Gasteiger partial charge in [0.25, 0.3) is 5.92 Å². The van der Waals surface area contributed by atoms with E-state index in [9.17, 15) is 23.9 Å². The highest BCUT2D eigenvalue weighted by molar-refractivity contribution is 6.29. The minimum absolute atomic E-state index is 0.0162. The summed E-state index contributed by atoms with van der Waals surface area (Å²) in [7, 11) is 0. The number of hydrogen-bond donors (Lipinski definition) is 2. The van der Waals surface area contributed by atoms with Crippen LogP contribution in [-0.2, 0) is 0 Å². The SMILES string of the molecule is Cc1cc([C@@H](C)Nc2ccc(Cl)nc2C(=O)O)c2nc(N3CC(C)(C)C(F)(F)C3)c(C#N)nc2c1. The molecular formula is C24H23ClF2N6O2. The molecule has 0 radical (unpaired) electrons. The molecule has 3 aromatic rings. The van der Waals surface area contributed by atoms with Gasteiger partial charge in [-0.3, -0.25) is 0 Å². The summed E-state index contributed by atoms with van der Waals surface area (Å²) in [6.45, 7) is 6.07. The number of nitrogens with one attached hydrogen (secondary N) is 1. The van der Waals surface area contributed by atoms with Crippen LogP contribution in [0.2, 0.25) is 5.15 Å². The molecule has 0 spiro atoms. The lowest BCUT2D eigenvalue weighted by Crippen LogP contribution is -2.34. The molecule has 1 aromatic carbocycles. The van der Waals surface area contributed by atoms with Gasteiger partial charge in [-0.2, -0.15) is 5.26 Å². The number of carboxylic acids is 1. The summed E-state index contributed by atoms with van der Waals surface area (Å²) in [5, 5.41) is 22.4. The molecular weight excluding hydrogens is 478 g/mol. The average molecular weight is 501 g/mol. The predicted molar refractivity (Wildman–Crippen MR) is 128 cm³/mol. The maximum Gasteiger partial charge on any atom is 0.356 e. The highest BCUT2D eigenvalue weighted by Gasteiger charge is 2.55. The van der Waals surface area contributed by atoms with E-state index in [1.165, 1.54) is 30.9 Å². The number of aromatic carboxylic acids is 1. The van der Waals surface area contributed by atoms with Crippen molar-refractivity contribution < 1.29 is 18.7 Å². The van der Waals surface area contributed by atoms with Gasteiger partial charge in [-0.15, -0.1) is 0 Å².